The van der Waals surface area contributed by atoms with E-state index in [0.29, 0.717) is 18.7 Å². The summed E-state index contributed by atoms with van der Waals surface area (Å²) >= 11 is 0. The minimum atomic E-state index is -3.28. The lowest BCUT2D eigenvalue weighted by Gasteiger charge is -2.15. The van der Waals surface area contributed by atoms with Crippen LogP contribution in [0.5, 0.6) is 0 Å². The molecule has 0 amide bonds. The minimum absolute atomic E-state index is 0.0303. The topological polar surface area (TPSA) is 80.5 Å². The smallest absolute Gasteiger partial charge is 0.258 e. The van der Waals surface area contributed by atoms with Crippen molar-refractivity contribution in [3.05, 3.63) is 39.9 Å². The van der Waals surface area contributed by atoms with Gasteiger partial charge in [0.25, 0.3) is 5.69 Å². The van der Waals surface area contributed by atoms with Gasteiger partial charge in [-0.15, -0.1) is 0 Å². The van der Waals surface area contributed by atoms with E-state index >= 15 is 0 Å². The maximum atomic E-state index is 12.0. The molecule has 0 bridgehead atoms. The summed E-state index contributed by atoms with van der Waals surface area (Å²) in [5.41, 5.74) is 0.546. The molecule has 98 valence electrons. The maximum absolute atomic E-state index is 12.0. The van der Waals surface area contributed by atoms with Crippen LogP contribution in [0.3, 0.4) is 0 Å². The summed E-state index contributed by atoms with van der Waals surface area (Å²) in [6, 6.07) is 5.64. The van der Waals surface area contributed by atoms with E-state index in [1.807, 2.05) is 0 Å². The highest BCUT2D eigenvalue weighted by Crippen LogP contribution is 2.19. The second-order valence-electron chi connectivity index (χ2n) is 4.29. The number of benzene rings is 1. The van der Waals surface area contributed by atoms with Gasteiger partial charge in [0.2, 0.25) is 10.0 Å². The minimum Gasteiger partial charge on any atom is -0.258 e. The van der Waals surface area contributed by atoms with E-state index in [-0.39, 0.29) is 11.4 Å². The first-order chi connectivity index (χ1) is 8.49. The predicted octanol–water partition coefficient (Wildman–Crippen LogP) is 1.52. The Labute approximate surface area is 105 Å². The Bertz CT molecular complexity index is 533. The fourth-order valence-electron chi connectivity index (χ4n) is 1.98. The lowest BCUT2D eigenvalue weighted by atomic mass is 10.2. The highest BCUT2D eigenvalue weighted by Gasteiger charge is 2.25. The van der Waals surface area contributed by atoms with Crippen LogP contribution in [0.25, 0.3) is 0 Å². The normalized spacial score (nSPS) is 16.9. The SMILES string of the molecule is O=[N+]([O-])c1ccc(CS(=O)(=O)N2CCCC2)cc1. The molecule has 0 saturated carbocycles. The zero-order chi connectivity index (χ0) is 13.2. The Morgan fingerprint density at radius 3 is 2.22 bits per heavy atom. The molecule has 6 nitrogen and oxygen atoms in total. The predicted molar refractivity (Wildman–Crippen MR) is 66.5 cm³/mol. The molecule has 18 heavy (non-hydrogen) atoms. The third-order valence-corrected chi connectivity index (χ3v) is 4.80. The van der Waals surface area contributed by atoms with E-state index in [1.165, 1.54) is 28.6 Å². The molecule has 0 spiro atoms. The lowest BCUT2D eigenvalue weighted by Crippen LogP contribution is -2.29. The number of non-ortho nitro benzene ring substituents is 1. The van der Waals surface area contributed by atoms with Crippen molar-refractivity contribution in [3.63, 3.8) is 0 Å². The molecule has 0 N–H and O–H groups in total. The van der Waals surface area contributed by atoms with Crippen LogP contribution in [0.4, 0.5) is 5.69 Å². The quantitative estimate of drug-likeness (QED) is 0.613. The molecule has 1 aromatic carbocycles. The van der Waals surface area contributed by atoms with Gasteiger partial charge in [-0.25, -0.2) is 12.7 Å². The third kappa shape index (κ3) is 2.85. The van der Waals surface area contributed by atoms with E-state index in [2.05, 4.69) is 0 Å². The molecule has 0 aliphatic carbocycles. The molecule has 1 aromatic rings. The van der Waals surface area contributed by atoms with E-state index in [0.717, 1.165) is 12.8 Å². The standard InChI is InChI=1S/C11H14N2O4S/c14-13(15)11-5-3-10(4-6-11)9-18(16,17)12-7-1-2-8-12/h3-6H,1-2,7-9H2. The molecule has 0 radical (unpaired) electrons. The molecular weight excluding hydrogens is 256 g/mol. The summed E-state index contributed by atoms with van der Waals surface area (Å²) in [5.74, 6) is -0.0923. The third-order valence-electron chi connectivity index (χ3n) is 2.95. The van der Waals surface area contributed by atoms with E-state index in [9.17, 15) is 18.5 Å². The van der Waals surface area contributed by atoms with Crippen LogP contribution in [0.2, 0.25) is 0 Å². The molecule has 1 saturated heterocycles. The molecule has 1 fully saturated rings. The van der Waals surface area contributed by atoms with E-state index < -0.39 is 14.9 Å². The molecule has 1 heterocycles. The van der Waals surface area contributed by atoms with Crippen molar-refractivity contribution in [1.29, 1.82) is 0 Å². The van der Waals surface area contributed by atoms with Crippen LogP contribution in [0.1, 0.15) is 18.4 Å². The van der Waals surface area contributed by atoms with Gasteiger partial charge in [0.05, 0.1) is 10.7 Å². The second kappa shape index (κ2) is 5.03. The van der Waals surface area contributed by atoms with Crippen molar-refractivity contribution >= 4 is 15.7 Å². The van der Waals surface area contributed by atoms with Gasteiger partial charge in [0, 0.05) is 25.2 Å². The van der Waals surface area contributed by atoms with Crippen molar-refractivity contribution < 1.29 is 13.3 Å². The summed E-state index contributed by atoms with van der Waals surface area (Å²) in [7, 11) is -3.28. The summed E-state index contributed by atoms with van der Waals surface area (Å²) in [6.45, 7) is 1.16. The monoisotopic (exact) mass is 270 g/mol. The maximum Gasteiger partial charge on any atom is 0.269 e. The van der Waals surface area contributed by atoms with Gasteiger partial charge in [-0.2, -0.15) is 0 Å². The number of nitrogens with zero attached hydrogens (tertiary/aromatic N) is 2. The highest BCUT2D eigenvalue weighted by molar-refractivity contribution is 7.88. The molecule has 1 aliphatic rings. The second-order valence-corrected chi connectivity index (χ2v) is 6.25. The van der Waals surface area contributed by atoms with Gasteiger partial charge >= 0.3 is 0 Å². The Morgan fingerprint density at radius 1 is 1.17 bits per heavy atom. The first-order valence-electron chi connectivity index (χ1n) is 5.70. The van der Waals surface area contributed by atoms with Gasteiger partial charge in [-0.05, 0) is 18.4 Å². The largest absolute Gasteiger partial charge is 0.269 e. The lowest BCUT2D eigenvalue weighted by molar-refractivity contribution is -0.384. The van der Waals surface area contributed by atoms with Crippen LogP contribution in [-0.4, -0.2) is 30.7 Å². The van der Waals surface area contributed by atoms with E-state index in [4.69, 9.17) is 0 Å². The first-order valence-corrected chi connectivity index (χ1v) is 7.31. The van der Waals surface area contributed by atoms with Gasteiger partial charge in [-0.1, -0.05) is 12.1 Å². The van der Waals surface area contributed by atoms with Crippen molar-refractivity contribution in [2.24, 2.45) is 0 Å². The van der Waals surface area contributed by atoms with E-state index in [1.54, 1.807) is 0 Å². The summed E-state index contributed by atoms with van der Waals surface area (Å²) in [6.07, 6.45) is 1.80. The van der Waals surface area contributed by atoms with Gasteiger partial charge in [-0.3, -0.25) is 10.1 Å². The number of sulfonamides is 1. The fraction of sp³-hybridized carbons (Fsp3) is 0.455. The number of nitro groups is 1. The highest BCUT2D eigenvalue weighted by atomic mass is 32.2. The van der Waals surface area contributed by atoms with Gasteiger partial charge in [0.1, 0.15) is 0 Å². The van der Waals surface area contributed by atoms with Crippen LogP contribution in [-0.2, 0) is 15.8 Å². The summed E-state index contributed by atoms with van der Waals surface area (Å²) in [4.78, 5) is 9.98. The number of rotatable bonds is 4. The van der Waals surface area contributed by atoms with Crippen molar-refractivity contribution in [3.8, 4) is 0 Å². The van der Waals surface area contributed by atoms with Gasteiger partial charge < -0.3 is 0 Å². The summed E-state index contributed by atoms with van der Waals surface area (Å²) in [5, 5.41) is 10.5. The molecule has 1 aliphatic heterocycles. The average molecular weight is 270 g/mol. The first kappa shape index (κ1) is 13.0. The van der Waals surface area contributed by atoms with Crippen molar-refractivity contribution in [1.82, 2.24) is 4.31 Å². The van der Waals surface area contributed by atoms with Gasteiger partial charge in [0.15, 0.2) is 0 Å². The molecule has 0 aromatic heterocycles. The Kier molecular flexibility index (Phi) is 3.63. The van der Waals surface area contributed by atoms with Crippen molar-refractivity contribution in [2.75, 3.05) is 13.1 Å². The number of hydrogen-bond acceptors (Lipinski definition) is 4. The zero-order valence-electron chi connectivity index (χ0n) is 9.78. The van der Waals surface area contributed by atoms with Crippen molar-refractivity contribution in [2.45, 2.75) is 18.6 Å². The number of nitro benzene ring substituents is 1. The van der Waals surface area contributed by atoms with Crippen LogP contribution < -0.4 is 0 Å². The Balaban J connectivity index is 2.11. The Morgan fingerprint density at radius 2 is 1.72 bits per heavy atom. The van der Waals surface area contributed by atoms with Crippen LogP contribution in [0.15, 0.2) is 24.3 Å². The zero-order valence-corrected chi connectivity index (χ0v) is 10.6. The Hall–Kier alpha value is -1.47. The molecule has 0 atom stereocenters. The molecule has 2 rings (SSSR count). The van der Waals surface area contributed by atoms with Crippen LogP contribution in [0, 0.1) is 10.1 Å². The average Bonchev–Trinajstić information content (AvgIpc) is 2.83. The number of hydrogen-bond donors (Lipinski definition) is 0. The fourth-order valence-corrected chi connectivity index (χ4v) is 3.59. The van der Waals surface area contributed by atoms with Crippen LogP contribution >= 0.6 is 0 Å². The summed E-state index contributed by atoms with van der Waals surface area (Å²) < 4.78 is 25.5. The molecule has 7 heteroatoms. The molecular formula is C11H14N2O4S. The molecule has 0 unspecified atom stereocenters.